The predicted molar refractivity (Wildman–Crippen MR) is 70.2 cm³/mol. The number of urea groups is 1. The first-order valence-electron chi connectivity index (χ1n) is 6.18. The molecule has 0 aliphatic carbocycles. The van der Waals surface area contributed by atoms with E-state index in [-0.39, 0.29) is 6.10 Å². The molecule has 0 aromatic rings. The van der Waals surface area contributed by atoms with Crippen LogP contribution in [0.3, 0.4) is 0 Å². The third-order valence-corrected chi connectivity index (χ3v) is 2.72. The fourth-order valence-corrected chi connectivity index (χ4v) is 1.49. The van der Waals surface area contributed by atoms with Gasteiger partial charge < -0.3 is 24.8 Å². The standard InChI is InChI=1S/C12H24N2O5/c1-9(19-4)8-14(2)12(17)13-10(11(15)16)6-5-7-18-3/h9-10H,5-8H2,1-4H3,(H,13,17)(H,15,16). The zero-order chi connectivity index (χ0) is 14.8. The Labute approximate surface area is 113 Å². The molecule has 0 saturated carbocycles. The Balaban J connectivity index is 4.25. The van der Waals surface area contributed by atoms with Gasteiger partial charge in [-0.25, -0.2) is 9.59 Å². The Morgan fingerprint density at radius 3 is 2.47 bits per heavy atom. The molecule has 7 nitrogen and oxygen atoms in total. The summed E-state index contributed by atoms with van der Waals surface area (Å²) < 4.78 is 9.91. The lowest BCUT2D eigenvalue weighted by Crippen LogP contribution is -2.48. The lowest BCUT2D eigenvalue weighted by Gasteiger charge is -2.23. The van der Waals surface area contributed by atoms with E-state index in [2.05, 4.69) is 5.32 Å². The topological polar surface area (TPSA) is 88.1 Å². The minimum absolute atomic E-state index is 0.104. The van der Waals surface area contributed by atoms with Crippen molar-refractivity contribution in [3.63, 3.8) is 0 Å². The maximum absolute atomic E-state index is 11.8. The van der Waals surface area contributed by atoms with Crippen molar-refractivity contribution < 1.29 is 24.2 Å². The second-order valence-electron chi connectivity index (χ2n) is 4.40. The number of amides is 2. The monoisotopic (exact) mass is 276 g/mol. The first-order valence-corrected chi connectivity index (χ1v) is 6.18. The van der Waals surface area contributed by atoms with E-state index in [1.54, 1.807) is 21.3 Å². The average Bonchev–Trinajstić information content (AvgIpc) is 2.36. The summed E-state index contributed by atoms with van der Waals surface area (Å²) in [6.45, 7) is 2.69. The molecule has 2 amide bonds. The minimum atomic E-state index is -1.04. The van der Waals surface area contributed by atoms with Crippen molar-refractivity contribution in [2.75, 3.05) is 34.4 Å². The van der Waals surface area contributed by atoms with Crippen LogP contribution in [-0.4, -0.2) is 68.6 Å². The molecule has 0 heterocycles. The smallest absolute Gasteiger partial charge is 0.326 e. The number of ether oxygens (including phenoxy) is 2. The highest BCUT2D eigenvalue weighted by molar-refractivity contribution is 5.82. The summed E-state index contributed by atoms with van der Waals surface area (Å²) >= 11 is 0. The number of carboxylic acids is 1. The van der Waals surface area contributed by atoms with E-state index in [0.717, 1.165) is 0 Å². The van der Waals surface area contributed by atoms with Gasteiger partial charge in [-0.2, -0.15) is 0 Å². The maximum Gasteiger partial charge on any atom is 0.326 e. The van der Waals surface area contributed by atoms with Crippen molar-refractivity contribution in [3.05, 3.63) is 0 Å². The van der Waals surface area contributed by atoms with Crippen LogP contribution in [0.4, 0.5) is 4.79 Å². The molecular weight excluding hydrogens is 252 g/mol. The minimum Gasteiger partial charge on any atom is -0.480 e. The summed E-state index contributed by atoms with van der Waals surface area (Å²) in [5.74, 6) is -1.04. The van der Waals surface area contributed by atoms with Crippen molar-refractivity contribution in [2.24, 2.45) is 0 Å². The molecule has 2 unspecified atom stereocenters. The lowest BCUT2D eigenvalue weighted by atomic mass is 10.1. The number of likely N-dealkylation sites (N-methyl/N-ethyl adjacent to an activating group) is 1. The molecule has 0 bridgehead atoms. The van der Waals surface area contributed by atoms with Crippen molar-refractivity contribution >= 4 is 12.0 Å². The van der Waals surface area contributed by atoms with Crippen molar-refractivity contribution in [2.45, 2.75) is 31.9 Å². The highest BCUT2D eigenvalue weighted by Crippen LogP contribution is 2.00. The Hall–Kier alpha value is -1.34. The largest absolute Gasteiger partial charge is 0.480 e. The normalized spacial score (nSPS) is 13.7. The van der Waals surface area contributed by atoms with Gasteiger partial charge in [-0.05, 0) is 19.8 Å². The van der Waals surface area contributed by atoms with E-state index in [9.17, 15) is 9.59 Å². The molecule has 7 heteroatoms. The van der Waals surface area contributed by atoms with E-state index in [1.165, 1.54) is 4.90 Å². The second-order valence-corrected chi connectivity index (χ2v) is 4.40. The number of nitrogens with zero attached hydrogens (tertiary/aromatic N) is 1. The van der Waals surface area contributed by atoms with Gasteiger partial charge in [0.1, 0.15) is 6.04 Å². The molecule has 0 fully saturated rings. The van der Waals surface area contributed by atoms with Gasteiger partial charge in [0.15, 0.2) is 0 Å². The van der Waals surface area contributed by atoms with Crippen LogP contribution in [0.2, 0.25) is 0 Å². The van der Waals surface area contributed by atoms with E-state index in [0.29, 0.717) is 26.0 Å². The second kappa shape index (κ2) is 9.57. The van der Waals surface area contributed by atoms with Gasteiger partial charge in [-0.15, -0.1) is 0 Å². The number of hydrogen-bond acceptors (Lipinski definition) is 4. The number of aliphatic carboxylic acids is 1. The number of methoxy groups -OCH3 is 2. The Morgan fingerprint density at radius 2 is 2.00 bits per heavy atom. The van der Waals surface area contributed by atoms with Gasteiger partial charge in [0, 0.05) is 34.4 Å². The molecule has 0 spiro atoms. The SMILES string of the molecule is COCCCC(NC(=O)N(C)CC(C)OC)C(=O)O. The zero-order valence-corrected chi connectivity index (χ0v) is 12.0. The third kappa shape index (κ3) is 7.63. The first-order chi connectivity index (χ1) is 8.92. The summed E-state index contributed by atoms with van der Waals surface area (Å²) in [5, 5.41) is 11.5. The van der Waals surface area contributed by atoms with Crippen LogP contribution in [0, 0.1) is 0 Å². The Kier molecular flexibility index (Phi) is 8.90. The molecule has 0 saturated heterocycles. The van der Waals surface area contributed by atoms with E-state index >= 15 is 0 Å². The summed E-state index contributed by atoms with van der Waals surface area (Å²) in [7, 11) is 4.70. The van der Waals surface area contributed by atoms with Crippen LogP contribution in [-0.2, 0) is 14.3 Å². The van der Waals surface area contributed by atoms with Crippen LogP contribution in [0.15, 0.2) is 0 Å². The number of carboxylic acid groups (broad SMARTS) is 1. The zero-order valence-electron chi connectivity index (χ0n) is 12.0. The van der Waals surface area contributed by atoms with Crippen molar-refractivity contribution in [1.29, 1.82) is 0 Å². The van der Waals surface area contributed by atoms with Crippen molar-refractivity contribution in [3.8, 4) is 0 Å². The Bertz CT molecular complexity index is 285. The number of nitrogens with one attached hydrogen (secondary N) is 1. The van der Waals surface area contributed by atoms with Crippen molar-refractivity contribution in [1.82, 2.24) is 10.2 Å². The maximum atomic E-state index is 11.8. The van der Waals surface area contributed by atoms with Crippen LogP contribution < -0.4 is 5.32 Å². The Morgan fingerprint density at radius 1 is 1.37 bits per heavy atom. The molecule has 2 N–H and O–H groups in total. The van der Waals surface area contributed by atoms with E-state index in [4.69, 9.17) is 14.6 Å². The molecule has 112 valence electrons. The molecule has 0 rings (SSSR count). The highest BCUT2D eigenvalue weighted by Gasteiger charge is 2.21. The number of carbonyl (C=O) groups is 2. The summed E-state index contributed by atoms with van der Waals surface area (Å²) in [4.78, 5) is 24.2. The molecule has 0 aliphatic rings. The van der Waals surface area contributed by atoms with Gasteiger partial charge in [0.05, 0.1) is 6.10 Å². The van der Waals surface area contributed by atoms with Gasteiger partial charge in [-0.3, -0.25) is 0 Å². The lowest BCUT2D eigenvalue weighted by molar-refractivity contribution is -0.139. The molecule has 0 aliphatic heterocycles. The van der Waals surface area contributed by atoms with Gasteiger partial charge in [0.25, 0.3) is 0 Å². The van der Waals surface area contributed by atoms with Gasteiger partial charge in [0.2, 0.25) is 0 Å². The fourth-order valence-electron chi connectivity index (χ4n) is 1.49. The predicted octanol–water partition coefficient (Wildman–Crippen LogP) is 0.543. The third-order valence-electron chi connectivity index (χ3n) is 2.72. The molecule has 2 atom stereocenters. The van der Waals surface area contributed by atoms with Gasteiger partial charge >= 0.3 is 12.0 Å². The molecule has 19 heavy (non-hydrogen) atoms. The van der Waals surface area contributed by atoms with E-state index < -0.39 is 18.0 Å². The fraction of sp³-hybridized carbons (Fsp3) is 0.833. The quantitative estimate of drug-likeness (QED) is 0.600. The molecule has 0 aromatic carbocycles. The molecule has 0 aromatic heterocycles. The van der Waals surface area contributed by atoms with E-state index in [1.807, 2.05) is 6.92 Å². The first kappa shape index (κ1) is 17.7. The molecular formula is C12H24N2O5. The number of carbonyl (C=O) groups excluding carboxylic acids is 1. The summed E-state index contributed by atoms with van der Waals surface area (Å²) in [6.07, 6.45) is 0.807. The highest BCUT2D eigenvalue weighted by atomic mass is 16.5. The van der Waals surface area contributed by atoms with Gasteiger partial charge in [-0.1, -0.05) is 0 Å². The average molecular weight is 276 g/mol. The summed E-state index contributed by atoms with van der Waals surface area (Å²) in [6, 6.07) is -1.32. The summed E-state index contributed by atoms with van der Waals surface area (Å²) in [5.41, 5.74) is 0. The van der Waals surface area contributed by atoms with Crippen LogP contribution >= 0.6 is 0 Å². The number of rotatable bonds is 9. The van der Waals surface area contributed by atoms with Crippen LogP contribution in [0.25, 0.3) is 0 Å². The molecule has 0 radical (unpaired) electrons. The van der Waals surface area contributed by atoms with Crippen LogP contribution in [0.1, 0.15) is 19.8 Å². The van der Waals surface area contributed by atoms with Crippen LogP contribution in [0.5, 0.6) is 0 Å². The number of hydrogen-bond donors (Lipinski definition) is 2.